The smallest absolute Gasteiger partial charge is 0.285 e. The highest BCUT2D eigenvalue weighted by molar-refractivity contribution is 5.71. The van der Waals surface area contributed by atoms with E-state index in [-0.39, 0.29) is 35.5 Å². The second-order valence-electron chi connectivity index (χ2n) is 9.38. The van der Waals surface area contributed by atoms with Crippen LogP contribution in [0.2, 0.25) is 0 Å². The number of alkyl halides is 3. The molecule has 3 heterocycles. The van der Waals surface area contributed by atoms with Gasteiger partial charge in [-0.2, -0.15) is 13.2 Å². The molecule has 1 fully saturated rings. The maximum Gasteiger partial charge on any atom is 0.418 e. The van der Waals surface area contributed by atoms with Gasteiger partial charge >= 0.3 is 6.18 Å². The van der Waals surface area contributed by atoms with E-state index >= 15 is 0 Å². The maximum atomic E-state index is 14.6. The van der Waals surface area contributed by atoms with Gasteiger partial charge < -0.3 is 0 Å². The number of halogens is 4. The summed E-state index contributed by atoms with van der Waals surface area (Å²) in [5.41, 5.74) is 1.59. The molecule has 5 nitrogen and oxygen atoms in total. The highest BCUT2D eigenvalue weighted by Crippen LogP contribution is 2.44. The van der Waals surface area contributed by atoms with Crippen LogP contribution in [0.25, 0.3) is 11.2 Å². The Balaban J connectivity index is 1.60. The van der Waals surface area contributed by atoms with Gasteiger partial charge in [0.1, 0.15) is 11.3 Å². The van der Waals surface area contributed by atoms with Gasteiger partial charge in [0, 0.05) is 18.0 Å². The summed E-state index contributed by atoms with van der Waals surface area (Å²) in [6.07, 6.45) is 0.162. The van der Waals surface area contributed by atoms with Crippen molar-refractivity contribution in [3.63, 3.8) is 0 Å². The fourth-order valence-electron chi connectivity index (χ4n) is 5.33. The number of hydrogen-bond acceptors (Lipinski definition) is 4. The standard InChI is InChI=1S/C27H24F4N4O/c1-15-5-3-7-21(28)24(15)18-9-8-17(11-18)19-12-22-25(34-16(2)13-33-22)35(26(19)36)14-23-20(27(29,30)31)6-4-10-32-23/h3-7,10,12-13,17-18H,8-9,11,14H2,1-2H3/t17-,18-/m0/s1. The quantitative estimate of drug-likeness (QED) is 0.322. The fourth-order valence-corrected chi connectivity index (χ4v) is 5.33. The Morgan fingerprint density at radius 2 is 1.83 bits per heavy atom. The molecule has 0 spiro atoms. The lowest BCUT2D eigenvalue weighted by Crippen LogP contribution is -2.28. The largest absolute Gasteiger partial charge is 0.418 e. The molecule has 0 bridgehead atoms. The second-order valence-corrected chi connectivity index (χ2v) is 9.38. The molecular weight excluding hydrogens is 472 g/mol. The van der Waals surface area contributed by atoms with Gasteiger partial charge in [-0.1, -0.05) is 12.1 Å². The van der Waals surface area contributed by atoms with Crippen molar-refractivity contribution in [3.8, 4) is 0 Å². The van der Waals surface area contributed by atoms with Gasteiger partial charge in [-0.15, -0.1) is 0 Å². The number of hydrogen-bond donors (Lipinski definition) is 0. The van der Waals surface area contributed by atoms with Crippen molar-refractivity contribution in [2.75, 3.05) is 0 Å². The van der Waals surface area contributed by atoms with Crippen LogP contribution in [0, 0.1) is 19.7 Å². The first-order valence-corrected chi connectivity index (χ1v) is 11.8. The topological polar surface area (TPSA) is 60.7 Å². The van der Waals surface area contributed by atoms with Crippen LogP contribution in [0.3, 0.4) is 0 Å². The van der Waals surface area contributed by atoms with Crippen LogP contribution < -0.4 is 5.56 Å². The molecule has 1 aromatic carbocycles. The Kier molecular flexibility index (Phi) is 6.10. The third-order valence-electron chi connectivity index (χ3n) is 7.00. The molecule has 0 N–H and O–H groups in total. The van der Waals surface area contributed by atoms with E-state index in [1.54, 1.807) is 25.3 Å². The molecule has 1 saturated carbocycles. The Hall–Kier alpha value is -3.62. The van der Waals surface area contributed by atoms with Crippen molar-refractivity contribution < 1.29 is 17.6 Å². The molecule has 5 rings (SSSR count). The fraction of sp³-hybridized carbons (Fsp3) is 0.333. The van der Waals surface area contributed by atoms with Gasteiger partial charge in [-0.25, -0.2) is 9.37 Å². The SMILES string of the molecule is Cc1cnc2cc([C@H]3CC[C@H](c4c(C)cccc4F)C3)c(=O)n(Cc3ncccc3C(F)(F)F)c2n1. The summed E-state index contributed by atoms with van der Waals surface area (Å²) < 4.78 is 56.8. The normalized spacial score (nSPS) is 18.2. The van der Waals surface area contributed by atoms with Crippen molar-refractivity contribution in [3.05, 3.63) is 98.6 Å². The molecule has 0 amide bonds. The summed E-state index contributed by atoms with van der Waals surface area (Å²) in [6.45, 7) is 3.19. The van der Waals surface area contributed by atoms with Gasteiger partial charge in [-0.3, -0.25) is 19.3 Å². The molecule has 9 heteroatoms. The third kappa shape index (κ3) is 4.38. The number of benzene rings is 1. The number of aromatic nitrogens is 4. The van der Waals surface area contributed by atoms with Crippen molar-refractivity contribution >= 4 is 11.2 Å². The molecule has 2 atom stereocenters. The van der Waals surface area contributed by atoms with E-state index in [0.717, 1.165) is 11.6 Å². The first-order chi connectivity index (χ1) is 17.1. The zero-order valence-electron chi connectivity index (χ0n) is 19.8. The summed E-state index contributed by atoms with van der Waals surface area (Å²) in [5.74, 6) is -0.477. The van der Waals surface area contributed by atoms with E-state index < -0.39 is 17.3 Å². The summed E-state index contributed by atoms with van der Waals surface area (Å²) in [7, 11) is 0. The highest BCUT2D eigenvalue weighted by Gasteiger charge is 2.35. The molecule has 3 aromatic heterocycles. The van der Waals surface area contributed by atoms with E-state index in [4.69, 9.17) is 0 Å². The van der Waals surface area contributed by atoms with E-state index in [0.29, 0.717) is 41.6 Å². The first-order valence-electron chi connectivity index (χ1n) is 11.8. The summed E-state index contributed by atoms with van der Waals surface area (Å²) in [6, 6.07) is 8.85. The van der Waals surface area contributed by atoms with Crippen LogP contribution in [-0.4, -0.2) is 19.5 Å². The monoisotopic (exact) mass is 496 g/mol. The zero-order valence-corrected chi connectivity index (χ0v) is 19.8. The van der Waals surface area contributed by atoms with E-state index in [2.05, 4.69) is 15.0 Å². The second kappa shape index (κ2) is 9.11. The third-order valence-corrected chi connectivity index (χ3v) is 7.00. The highest BCUT2D eigenvalue weighted by atomic mass is 19.4. The predicted octanol–water partition coefficient (Wildman–Crippen LogP) is 6.06. The molecule has 1 aliphatic carbocycles. The van der Waals surface area contributed by atoms with Crippen molar-refractivity contribution in [2.24, 2.45) is 0 Å². The number of nitrogens with zero attached hydrogens (tertiary/aromatic N) is 4. The first kappa shape index (κ1) is 24.1. The zero-order chi connectivity index (χ0) is 25.6. The molecule has 0 radical (unpaired) electrons. The molecular formula is C27H24F4N4O. The van der Waals surface area contributed by atoms with Gasteiger partial charge in [0.25, 0.3) is 5.56 Å². The lowest BCUT2D eigenvalue weighted by Gasteiger charge is -2.18. The molecule has 0 saturated heterocycles. The number of fused-ring (bicyclic) bond motifs is 1. The van der Waals surface area contributed by atoms with Crippen LogP contribution >= 0.6 is 0 Å². The van der Waals surface area contributed by atoms with Gasteiger partial charge in [-0.05, 0) is 80.3 Å². The minimum absolute atomic E-state index is 0.0449. The van der Waals surface area contributed by atoms with Crippen LogP contribution in [0.15, 0.2) is 53.6 Å². The Morgan fingerprint density at radius 3 is 2.58 bits per heavy atom. The summed E-state index contributed by atoms with van der Waals surface area (Å²) in [4.78, 5) is 26.5. The van der Waals surface area contributed by atoms with Gasteiger partial charge in [0.05, 0.1) is 23.5 Å². The maximum absolute atomic E-state index is 14.6. The number of aryl methyl sites for hydroxylation is 2. The van der Waals surface area contributed by atoms with Crippen LogP contribution in [0.4, 0.5) is 17.6 Å². The van der Waals surface area contributed by atoms with E-state index in [1.165, 1.54) is 22.9 Å². The van der Waals surface area contributed by atoms with Crippen LogP contribution in [-0.2, 0) is 12.7 Å². The number of pyridine rings is 2. The van der Waals surface area contributed by atoms with E-state index in [1.807, 2.05) is 13.0 Å². The average molecular weight is 497 g/mol. The molecule has 4 aromatic rings. The van der Waals surface area contributed by atoms with Crippen molar-refractivity contribution in [2.45, 2.75) is 57.7 Å². The van der Waals surface area contributed by atoms with Crippen LogP contribution in [0.1, 0.15) is 64.7 Å². The molecule has 0 aliphatic heterocycles. The number of rotatable bonds is 4. The lowest BCUT2D eigenvalue weighted by molar-refractivity contribution is -0.138. The van der Waals surface area contributed by atoms with Crippen LogP contribution in [0.5, 0.6) is 0 Å². The Morgan fingerprint density at radius 1 is 1.06 bits per heavy atom. The van der Waals surface area contributed by atoms with Crippen molar-refractivity contribution in [1.82, 2.24) is 19.5 Å². The average Bonchev–Trinajstić information content (AvgIpc) is 3.30. The summed E-state index contributed by atoms with van der Waals surface area (Å²) in [5, 5.41) is 0. The molecule has 186 valence electrons. The van der Waals surface area contributed by atoms with Gasteiger partial charge in [0.15, 0.2) is 5.65 Å². The molecule has 0 unspecified atom stereocenters. The molecule has 36 heavy (non-hydrogen) atoms. The molecule has 1 aliphatic rings. The Labute approximate surface area is 204 Å². The predicted molar refractivity (Wildman–Crippen MR) is 127 cm³/mol. The minimum atomic E-state index is -4.61. The van der Waals surface area contributed by atoms with Gasteiger partial charge in [0.2, 0.25) is 0 Å². The summed E-state index contributed by atoms with van der Waals surface area (Å²) >= 11 is 0. The van der Waals surface area contributed by atoms with Crippen molar-refractivity contribution in [1.29, 1.82) is 0 Å². The minimum Gasteiger partial charge on any atom is -0.285 e. The Bertz CT molecular complexity index is 1490. The van der Waals surface area contributed by atoms with E-state index in [9.17, 15) is 22.4 Å². The lowest BCUT2D eigenvalue weighted by atomic mass is 9.90.